The first kappa shape index (κ1) is 22.0. The highest BCUT2D eigenvalue weighted by molar-refractivity contribution is 6.01. The first-order valence-corrected chi connectivity index (χ1v) is 10.3. The topological polar surface area (TPSA) is 103 Å². The third-order valence-corrected chi connectivity index (χ3v) is 5.32. The summed E-state index contributed by atoms with van der Waals surface area (Å²) in [5.41, 5.74) is 2.00. The summed E-state index contributed by atoms with van der Waals surface area (Å²) in [6, 6.07) is 16.4. The van der Waals surface area contributed by atoms with Gasteiger partial charge in [0.15, 0.2) is 12.4 Å². The largest absolute Gasteiger partial charge is 0.457 e. The van der Waals surface area contributed by atoms with Crippen molar-refractivity contribution in [1.29, 1.82) is 0 Å². The maximum Gasteiger partial charge on any atom is 0.379 e. The number of aryl methyl sites for hydroxylation is 1. The first-order chi connectivity index (χ1) is 15.9. The Morgan fingerprint density at radius 1 is 1.03 bits per heavy atom. The molecule has 0 bridgehead atoms. The predicted molar refractivity (Wildman–Crippen MR) is 117 cm³/mol. The van der Waals surface area contributed by atoms with Gasteiger partial charge in [-0.25, -0.2) is 4.79 Å². The van der Waals surface area contributed by atoms with Crippen LogP contribution in [-0.2, 0) is 14.3 Å². The van der Waals surface area contributed by atoms with Crippen molar-refractivity contribution in [3.05, 3.63) is 83.8 Å². The summed E-state index contributed by atoms with van der Waals surface area (Å²) in [6.07, 6.45) is 1.40. The lowest BCUT2D eigenvalue weighted by atomic mass is 10.1. The summed E-state index contributed by atoms with van der Waals surface area (Å²) in [5, 5.41) is 0. The zero-order valence-corrected chi connectivity index (χ0v) is 17.9. The van der Waals surface area contributed by atoms with Crippen molar-refractivity contribution in [3.63, 3.8) is 0 Å². The van der Waals surface area contributed by atoms with Gasteiger partial charge in [0.05, 0.1) is 12.2 Å². The Balaban J connectivity index is 1.29. The van der Waals surface area contributed by atoms with Crippen LogP contribution in [0.3, 0.4) is 0 Å². The molecule has 0 aliphatic carbocycles. The minimum absolute atomic E-state index is 0.0388. The average Bonchev–Trinajstić information content (AvgIpc) is 3.48. The van der Waals surface area contributed by atoms with E-state index >= 15 is 0 Å². The van der Waals surface area contributed by atoms with Gasteiger partial charge in [0, 0.05) is 24.2 Å². The molecule has 4 rings (SSSR count). The van der Waals surface area contributed by atoms with Crippen molar-refractivity contribution < 1.29 is 33.1 Å². The van der Waals surface area contributed by atoms with Crippen LogP contribution in [0.25, 0.3) is 0 Å². The smallest absolute Gasteiger partial charge is 0.379 e. The Hall–Kier alpha value is -4.20. The third-order valence-electron chi connectivity index (χ3n) is 5.32. The van der Waals surface area contributed by atoms with Gasteiger partial charge in [0.25, 0.3) is 0 Å². The number of nitrogens with zero attached hydrogens (tertiary/aromatic N) is 1. The highest BCUT2D eigenvalue weighted by Gasteiger charge is 2.36. The van der Waals surface area contributed by atoms with Gasteiger partial charge in [-0.2, -0.15) is 0 Å². The minimum Gasteiger partial charge on any atom is -0.457 e. The van der Waals surface area contributed by atoms with Crippen LogP contribution in [0.2, 0.25) is 0 Å². The van der Waals surface area contributed by atoms with Gasteiger partial charge < -0.3 is 18.8 Å². The molecule has 0 unspecified atom stereocenters. The summed E-state index contributed by atoms with van der Waals surface area (Å²) in [4.78, 5) is 50.7. The highest BCUT2D eigenvalue weighted by Crippen LogP contribution is 2.28. The minimum atomic E-state index is -0.654. The van der Waals surface area contributed by atoms with Crippen LogP contribution in [0.1, 0.15) is 32.9 Å². The molecule has 0 N–H and O–H groups in total. The third kappa shape index (κ3) is 5.01. The Morgan fingerprint density at radius 3 is 2.48 bits per heavy atom. The number of hydrogen-bond acceptors (Lipinski definition) is 7. The predicted octanol–water partition coefficient (Wildman–Crippen LogP) is 3.59. The first-order valence-electron chi connectivity index (χ1n) is 10.3. The maximum absolute atomic E-state index is 12.5. The molecule has 8 heteroatoms. The molecule has 1 aliphatic heterocycles. The van der Waals surface area contributed by atoms with E-state index in [-0.39, 0.29) is 30.4 Å². The Kier molecular flexibility index (Phi) is 6.35. The molecule has 1 atom stereocenters. The quantitative estimate of drug-likeness (QED) is 0.310. The van der Waals surface area contributed by atoms with Crippen molar-refractivity contribution in [2.45, 2.75) is 13.3 Å². The Bertz CT molecular complexity index is 1180. The molecular formula is C25H21NO7. The molecule has 0 saturated carbocycles. The monoisotopic (exact) mass is 447 g/mol. The number of benzene rings is 2. The standard InChI is InChI=1S/C25H21NO7/c1-16-5-2-3-6-20(16)26-14-18(13-23(26)28)24(29)32-15-21(27)17-8-10-19(11-9-17)33-25(30)22-7-4-12-31-22/h2-12,18H,13-15H2,1H3/t18-/m0/s1. The van der Waals surface area contributed by atoms with Gasteiger partial charge in [0.1, 0.15) is 5.75 Å². The van der Waals surface area contributed by atoms with E-state index in [9.17, 15) is 19.2 Å². The van der Waals surface area contributed by atoms with Crippen LogP contribution < -0.4 is 9.64 Å². The molecule has 1 saturated heterocycles. The van der Waals surface area contributed by atoms with Crippen LogP contribution in [0.4, 0.5) is 5.69 Å². The van der Waals surface area contributed by atoms with Gasteiger partial charge in [-0.1, -0.05) is 18.2 Å². The molecule has 1 aliphatic rings. The normalized spacial score (nSPS) is 15.4. The van der Waals surface area contributed by atoms with Crippen molar-refractivity contribution in [3.8, 4) is 5.75 Å². The molecule has 33 heavy (non-hydrogen) atoms. The summed E-state index contributed by atoms with van der Waals surface area (Å²) in [7, 11) is 0. The molecule has 1 fully saturated rings. The average molecular weight is 447 g/mol. The number of furan rings is 1. The lowest BCUT2D eigenvalue weighted by Crippen LogP contribution is -2.27. The van der Waals surface area contributed by atoms with Gasteiger partial charge in [-0.15, -0.1) is 0 Å². The fraction of sp³-hybridized carbons (Fsp3) is 0.200. The van der Waals surface area contributed by atoms with Crippen LogP contribution in [0, 0.1) is 12.8 Å². The number of hydrogen-bond donors (Lipinski definition) is 0. The maximum atomic E-state index is 12.5. The van der Waals surface area contributed by atoms with Gasteiger partial charge in [-0.05, 0) is 55.0 Å². The molecule has 168 valence electrons. The van der Waals surface area contributed by atoms with Crippen LogP contribution in [0.15, 0.2) is 71.3 Å². The number of carbonyl (C=O) groups excluding carboxylic acids is 4. The lowest BCUT2D eigenvalue weighted by molar-refractivity contribution is -0.147. The van der Waals surface area contributed by atoms with Crippen LogP contribution in [-0.4, -0.2) is 36.8 Å². The van der Waals surface area contributed by atoms with Crippen molar-refractivity contribution >= 4 is 29.3 Å². The fourth-order valence-electron chi connectivity index (χ4n) is 3.56. The van der Waals surface area contributed by atoms with E-state index in [1.807, 2.05) is 31.2 Å². The summed E-state index contributed by atoms with van der Waals surface area (Å²) in [5.74, 6) is -2.13. The van der Waals surface area contributed by atoms with Crippen LogP contribution >= 0.6 is 0 Å². The second-order valence-electron chi connectivity index (χ2n) is 7.61. The van der Waals surface area contributed by atoms with Crippen molar-refractivity contribution in [2.75, 3.05) is 18.1 Å². The van der Waals surface area contributed by atoms with E-state index in [4.69, 9.17) is 13.9 Å². The van der Waals surface area contributed by atoms with Gasteiger partial charge in [0.2, 0.25) is 11.7 Å². The number of carbonyl (C=O) groups is 4. The molecule has 3 aromatic rings. The Morgan fingerprint density at radius 2 is 1.79 bits per heavy atom. The van der Waals surface area contributed by atoms with E-state index in [0.717, 1.165) is 11.3 Å². The Labute approximate surface area is 189 Å². The number of para-hydroxylation sites is 1. The van der Waals surface area contributed by atoms with Gasteiger partial charge in [-0.3, -0.25) is 14.4 Å². The number of amides is 1. The number of anilines is 1. The van der Waals surface area contributed by atoms with Gasteiger partial charge >= 0.3 is 11.9 Å². The summed E-state index contributed by atoms with van der Waals surface area (Å²) in [6.45, 7) is 1.67. The zero-order valence-electron chi connectivity index (χ0n) is 17.9. The van der Waals surface area contributed by atoms with Crippen molar-refractivity contribution in [1.82, 2.24) is 0 Å². The van der Waals surface area contributed by atoms with E-state index in [1.54, 1.807) is 11.0 Å². The fourth-order valence-corrected chi connectivity index (χ4v) is 3.56. The molecule has 1 amide bonds. The van der Waals surface area contributed by atoms with Crippen LogP contribution in [0.5, 0.6) is 5.75 Å². The number of ether oxygens (including phenoxy) is 2. The van der Waals surface area contributed by atoms with E-state index in [2.05, 4.69) is 0 Å². The second kappa shape index (κ2) is 9.52. The summed E-state index contributed by atoms with van der Waals surface area (Å²) < 4.78 is 15.3. The molecule has 2 heterocycles. The van der Waals surface area contributed by atoms with E-state index < -0.39 is 30.2 Å². The van der Waals surface area contributed by atoms with E-state index in [1.165, 1.54) is 36.6 Å². The highest BCUT2D eigenvalue weighted by atomic mass is 16.5. The van der Waals surface area contributed by atoms with Crippen molar-refractivity contribution in [2.24, 2.45) is 5.92 Å². The second-order valence-corrected chi connectivity index (χ2v) is 7.61. The molecule has 2 aromatic carbocycles. The SMILES string of the molecule is Cc1ccccc1N1C[C@@H](C(=O)OCC(=O)c2ccc(OC(=O)c3ccco3)cc2)CC1=O. The van der Waals surface area contributed by atoms with E-state index in [0.29, 0.717) is 5.56 Å². The lowest BCUT2D eigenvalue weighted by Gasteiger charge is -2.18. The molecule has 0 spiro atoms. The molecule has 0 radical (unpaired) electrons. The zero-order chi connectivity index (χ0) is 23.4. The number of rotatable bonds is 7. The number of esters is 2. The summed E-state index contributed by atoms with van der Waals surface area (Å²) >= 11 is 0. The molecule has 8 nitrogen and oxygen atoms in total. The molecule has 1 aromatic heterocycles. The number of ketones is 1. The molecular weight excluding hydrogens is 426 g/mol. The number of Topliss-reactive ketones (excluding diaryl/α,β-unsaturated/α-hetero) is 1.